The standard InChI is InChI=1S/C29H29N5O/c35-29-28(23-16-22-18-31-27(17-25(22)30-19-23)32-12-4-1-5-13-32)24(20-8-9-20)11-15-34(29)33-14-10-21-6-2-3-7-26(21)33/h2-3,6-7,11,15-20H,1,4-5,8-10,12-14H2. The molecule has 1 aromatic carbocycles. The van der Waals surface area contributed by atoms with E-state index in [1.165, 1.54) is 24.8 Å². The third-order valence-electron chi connectivity index (χ3n) is 7.77. The maximum atomic E-state index is 14.0. The zero-order valence-electron chi connectivity index (χ0n) is 19.9. The molecule has 1 aliphatic carbocycles. The molecule has 0 unspecified atom stereocenters. The number of benzene rings is 1. The molecule has 2 aliphatic heterocycles. The molecule has 1 saturated heterocycles. The quantitative estimate of drug-likeness (QED) is 0.419. The zero-order valence-corrected chi connectivity index (χ0v) is 19.9. The van der Waals surface area contributed by atoms with Crippen LogP contribution in [0.15, 0.2) is 65.8 Å². The summed E-state index contributed by atoms with van der Waals surface area (Å²) in [5, 5.41) is 3.09. The highest BCUT2D eigenvalue weighted by Crippen LogP contribution is 2.43. The van der Waals surface area contributed by atoms with Crippen LogP contribution in [0.3, 0.4) is 0 Å². The first-order valence-corrected chi connectivity index (χ1v) is 12.9. The minimum atomic E-state index is 0.0325. The van der Waals surface area contributed by atoms with Crippen LogP contribution in [0.5, 0.6) is 0 Å². The number of pyridine rings is 3. The number of fused-ring (bicyclic) bond motifs is 2. The summed E-state index contributed by atoms with van der Waals surface area (Å²) in [6.07, 6.45) is 12.7. The average Bonchev–Trinajstić information content (AvgIpc) is 3.67. The van der Waals surface area contributed by atoms with Crippen molar-refractivity contribution in [2.24, 2.45) is 0 Å². The number of rotatable bonds is 4. The van der Waals surface area contributed by atoms with Crippen LogP contribution in [0, 0.1) is 0 Å². The molecule has 5 heterocycles. The Morgan fingerprint density at radius 1 is 0.886 bits per heavy atom. The fraction of sp³-hybridized carbons (Fsp3) is 0.345. The third-order valence-corrected chi connectivity index (χ3v) is 7.77. The Hall–Kier alpha value is -3.67. The van der Waals surface area contributed by atoms with Gasteiger partial charge in [0.25, 0.3) is 5.56 Å². The first-order valence-electron chi connectivity index (χ1n) is 12.9. The van der Waals surface area contributed by atoms with Crippen molar-refractivity contribution in [3.63, 3.8) is 0 Å². The molecule has 0 amide bonds. The number of anilines is 2. The molecule has 7 rings (SSSR count). The van der Waals surface area contributed by atoms with E-state index in [0.717, 1.165) is 78.0 Å². The maximum Gasteiger partial charge on any atom is 0.277 e. The fourth-order valence-electron chi connectivity index (χ4n) is 5.74. The second kappa shape index (κ2) is 8.22. The predicted octanol–water partition coefficient (Wildman–Crippen LogP) is 5.15. The molecule has 3 aliphatic rings. The Balaban J connectivity index is 1.32. The molecule has 0 N–H and O–H groups in total. The summed E-state index contributed by atoms with van der Waals surface area (Å²) in [5.41, 5.74) is 6.19. The lowest BCUT2D eigenvalue weighted by atomic mass is 9.99. The summed E-state index contributed by atoms with van der Waals surface area (Å²) in [7, 11) is 0. The van der Waals surface area contributed by atoms with Crippen molar-refractivity contribution in [2.45, 2.75) is 44.4 Å². The predicted molar refractivity (Wildman–Crippen MR) is 140 cm³/mol. The van der Waals surface area contributed by atoms with E-state index < -0.39 is 0 Å². The monoisotopic (exact) mass is 463 g/mol. The molecule has 0 spiro atoms. The average molecular weight is 464 g/mol. The van der Waals surface area contributed by atoms with E-state index in [0.29, 0.717) is 5.92 Å². The smallest absolute Gasteiger partial charge is 0.277 e. The molecule has 176 valence electrons. The van der Waals surface area contributed by atoms with Crippen molar-refractivity contribution in [2.75, 3.05) is 29.5 Å². The van der Waals surface area contributed by atoms with Gasteiger partial charge in [-0.1, -0.05) is 18.2 Å². The third kappa shape index (κ3) is 3.59. The van der Waals surface area contributed by atoms with Gasteiger partial charge < -0.3 is 4.90 Å². The normalized spacial score (nSPS) is 17.7. The van der Waals surface area contributed by atoms with Crippen LogP contribution in [0.4, 0.5) is 11.5 Å². The number of hydrogen-bond donors (Lipinski definition) is 0. The molecule has 0 radical (unpaired) electrons. The summed E-state index contributed by atoms with van der Waals surface area (Å²) < 4.78 is 1.80. The van der Waals surface area contributed by atoms with Crippen LogP contribution in [-0.4, -0.2) is 34.3 Å². The topological polar surface area (TPSA) is 54.3 Å². The Kier molecular flexibility index (Phi) is 4.86. The van der Waals surface area contributed by atoms with Gasteiger partial charge in [0.1, 0.15) is 5.82 Å². The van der Waals surface area contributed by atoms with Crippen molar-refractivity contribution >= 4 is 22.4 Å². The van der Waals surface area contributed by atoms with E-state index in [4.69, 9.17) is 9.97 Å². The van der Waals surface area contributed by atoms with Crippen LogP contribution >= 0.6 is 0 Å². The van der Waals surface area contributed by atoms with Gasteiger partial charge in [-0.15, -0.1) is 0 Å². The molecule has 2 fully saturated rings. The van der Waals surface area contributed by atoms with E-state index in [9.17, 15) is 4.79 Å². The minimum Gasteiger partial charge on any atom is -0.357 e. The van der Waals surface area contributed by atoms with Crippen LogP contribution in [0.25, 0.3) is 22.0 Å². The van der Waals surface area contributed by atoms with Crippen LogP contribution in [-0.2, 0) is 6.42 Å². The largest absolute Gasteiger partial charge is 0.357 e. The molecular weight excluding hydrogens is 434 g/mol. The minimum absolute atomic E-state index is 0.0325. The summed E-state index contributed by atoms with van der Waals surface area (Å²) in [4.78, 5) is 25.9. The van der Waals surface area contributed by atoms with E-state index in [2.05, 4.69) is 46.3 Å². The second-order valence-corrected chi connectivity index (χ2v) is 10.1. The van der Waals surface area contributed by atoms with Crippen molar-refractivity contribution in [3.8, 4) is 11.1 Å². The Morgan fingerprint density at radius 3 is 2.60 bits per heavy atom. The lowest BCUT2D eigenvalue weighted by Crippen LogP contribution is -2.38. The van der Waals surface area contributed by atoms with Crippen LogP contribution in [0.1, 0.15) is 49.1 Å². The van der Waals surface area contributed by atoms with Crippen molar-refractivity contribution < 1.29 is 0 Å². The van der Waals surface area contributed by atoms with E-state index in [-0.39, 0.29) is 5.56 Å². The number of hydrogen-bond acceptors (Lipinski definition) is 5. The van der Waals surface area contributed by atoms with E-state index in [1.807, 2.05) is 24.7 Å². The molecule has 6 nitrogen and oxygen atoms in total. The van der Waals surface area contributed by atoms with Crippen molar-refractivity contribution in [3.05, 3.63) is 82.5 Å². The number of piperidine rings is 1. The van der Waals surface area contributed by atoms with E-state index >= 15 is 0 Å². The summed E-state index contributed by atoms with van der Waals surface area (Å²) in [6, 6.07) is 14.7. The summed E-state index contributed by atoms with van der Waals surface area (Å²) >= 11 is 0. The summed E-state index contributed by atoms with van der Waals surface area (Å²) in [5.74, 6) is 1.47. The van der Waals surface area contributed by atoms with Gasteiger partial charge in [-0.3, -0.25) is 14.8 Å². The van der Waals surface area contributed by atoms with Gasteiger partial charge in [0, 0.05) is 55.2 Å². The van der Waals surface area contributed by atoms with Crippen molar-refractivity contribution in [1.29, 1.82) is 0 Å². The fourth-order valence-corrected chi connectivity index (χ4v) is 5.74. The van der Waals surface area contributed by atoms with Gasteiger partial charge in [0.15, 0.2) is 0 Å². The second-order valence-electron chi connectivity index (χ2n) is 10.1. The lowest BCUT2D eigenvalue weighted by Gasteiger charge is -2.27. The molecule has 35 heavy (non-hydrogen) atoms. The first-order chi connectivity index (χ1) is 17.3. The van der Waals surface area contributed by atoms with Gasteiger partial charge in [-0.05, 0) is 73.8 Å². The Bertz CT molecular complexity index is 1480. The Morgan fingerprint density at radius 2 is 1.74 bits per heavy atom. The van der Waals surface area contributed by atoms with Crippen molar-refractivity contribution in [1.82, 2.24) is 14.6 Å². The van der Waals surface area contributed by atoms with Gasteiger partial charge in [-0.2, -0.15) is 0 Å². The molecule has 1 saturated carbocycles. The Labute approximate surface area is 204 Å². The van der Waals surface area contributed by atoms with Gasteiger partial charge in [0.2, 0.25) is 0 Å². The first kappa shape index (κ1) is 20.7. The van der Waals surface area contributed by atoms with Crippen LogP contribution < -0.4 is 15.5 Å². The number of aromatic nitrogens is 3. The number of nitrogens with zero attached hydrogens (tertiary/aromatic N) is 5. The molecule has 0 atom stereocenters. The molecular formula is C29H29N5O. The maximum absolute atomic E-state index is 14.0. The highest BCUT2D eigenvalue weighted by molar-refractivity contribution is 5.85. The molecule has 4 aromatic rings. The highest BCUT2D eigenvalue weighted by atomic mass is 16.1. The summed E-state index contributed by atoms with van der Waals surface area (Å²) in [6.45, 7) is 2.93. The highest BCUT2D eigenvalue weighted by Gasteiger charge is 2.30. The molecule has 0 bridgehead atoms. The van der Waals surface area contributed by atoms with Gasteiger partial charge in [0.05, 0.1) is 16.8 Å². The number of para-hydroxylation sites is 1. The SMILES string of the molecule is O=c1c(-c2cnc3cc(N4CCCCC4)ncc3c2)c(C2CC2)ccn1N1CCc2ccccc21. The lowest BCUT2D eigenvalue weighted by molar-refractivity contribution is 0.574. The van der Waals surface area contributed by atoms with Gasteiger partial charge in [-0.25, -0.2) is 9.66 Å². The molecule has 6 heteroatoms. The molecule has 3 aromatic heterocycles. The van der Waals surface area contributed by atoms with E-state index in [1.54, 1.807) is 4.68 Å². The van der Waals surface area contributed by atoms with Gasteiger partial charge >= 0.3 is 0 Å². The zero-order chi connectivity index (χ0) is 23.4. The van der Waals surface area contributed by atoms with Crippen LogP contribution in [0.2, 0.25) is 0 Å².